The van der Waals surface area contributed by atoms with E-state index in [0.29, 0.717) is 0 Å². The van der Waals surface area contributed by atoms with Crippen LogP contribution < -0.4 is 10.6 Å². The molecular weight excluding hydrogens is 274 g/mol. The van der Waals surface area contributed by atoms with Crippen molar-refractivity contribution in [3.05, 3.63) is 66.0 Å². The highest BCUT2D eigenvalue weighted by molar-refractivity contribution is 5.75. The maximum atomic E-state index is 12.3. The Labute approximate surface area is 132 Å². The third-order valence-electron chi connectivity index (χ3n) is 3.77. The molecule has 0 fully saturated rings. The molecular formula is C18H23N3O. The number of urea groups is 1. The first-order valence-electron chi connectivity index (χ1n) is 7.76. The summed E-state index contributed by atoms with van der Waals surface area (Å²) in [5, 5.41) is 6.09. The molecule has 2 aromatic rings. The zero-order valence-electron chi connectivity index (χ0n) is 13.1. The lowest BCUT2D eigenvalue weighted by Gasteiger charge is -2.22. The van der Waals surface area contributed by atoms with Gasteiger partial charge < -0.3 is 10.6 Å². The maximum Gasteiger partial charge on any atom is 0.315 e. The first kappa shape index (κ1) is 16.0. The summed E-state index contributed by atoms with van der Waals surface area (Å²) in [7, 11) is 0. The van der Waals surface area contributed by atoms with Crippen molar-refractivity contribution in [3.63, 3.8) is 0 Å². The van der Waals surface area contributed by atoms with Crippen LogP contribution in [0.2, 0.25) is 0 Å². The summed E-state index contributed by atoms with van der Waals surface area (Å²) in [6, 6.07) is 13.7. The van der Waals surface area contributed by atoms with Crippen molar-refractivity contribution in [1.82, 2.24) is 15.6 Å². The largest absolute Gasteiger partial charge is 0.335 e. The second kappa shape index (κ2) is 8.17. The van der Waals surface area contributed by atoms with Gasteiger partial charge in [0.2, 0.25) is 0 Å². The van der Waals surface area contributed by atoms with Crippen LogP contribution in [0.4, 0.5) is 4.79 Å². The number of aromatic nitrogens is 1. The van der Waals surface area contributed by atoms with Gasteiger partial charge in [0.25, 0.3) is 0 Å². The highest BCUT2D eigenvalue weighted by Gasteiger charge is 2.17. The summed E-state index contributed by atoms with van der Waals surface area (Å²) in [5.41, 5.74) is 2.06. The molecule has 0 saturated carbocycles. The van der Waals surface area contributed by atoms with Crippen LogP contribution in [0.1, 0.15) is 43.9 Å². The molecule has 2 N–H and O–H groups in total. The molecule has 4 nitrogen and oxygen atoms in total. The standard InChI is InChI=1S/C18H23N3O/c1-3-16(4-2)20-18(22)21-17(14-8-6-5-7-9-14)15-10-12-19-13-11-15/h5-13,16-17H,3-4H2,1-2H3,(H2,20,21,22). The average Bonchev–Trinajstić information content (AvgIpc) is 2.59. The van der Waals surface area contributed by atoms with Crippen molar-refractivity contribution in [1.29, 1.82) is 0 Å². The summed E-state index contributed by atoms with van der Waals surface area (Å²) in [6.07, 6.45) is 5.34. The van der Waals surface area contributed by atoms with Crippen LogP contribution in [-0.2, 0) is 0 Å². The lowest BCUT2D eigenvalue weighted by Crippen LogP contribution is -2.43. The molecule has 22 heavy (non-hydrogen) atoms. The van der Waals surface area contributed by atoms with Gasteiger partial charge in [0, 0.05) is 18.4 Å². The minimum absolute atomic E-state index is 0.139. The van der Waals surface area contributed by atoms with Gasteiger partial charge in [-0.3, -0.25) is 4.98 Å². The van der Waals surface area contributed by atoms with Crippen LogP contribution in [0, 0.1) is 0 Å². The molecule has 1 aromatic carbocycles. The number of benzene rings is 1. The summed E-state index contributed by atoms with van der Waals surface area (Å²) in [6.45, 7) is 4.15. The zero-order chi connectivity index (χ0) is 15.8. The minimum atomic E-state index is -0.182. The smallest absolute Gasteiger partial charge is 0.315 e. The van der Waals surface area contributed by atoms with E-state index < -0.39 is 0 Å². The van der Waals surface area contributed by atoms with Crippen LogP contribution >= 0.6 is 0 Å². The molecule has 0 saturated heterocycles. The maximum absolute atomic E-state index is 12.3. The van der Waals surface area contributed by atoms with Gasteiger partial charge in [-0.25, -0.2) is 4.79 Å². The molecule has 0 bridgehead atoms. The van der Waals surface area contributed by atoms with Crippen molar-refractivity contribution in [2.75, 3.05) is 0 Å². The summed E-state index contributed by atoms with van der Waals surface area (Å²) < 4.78 is 0. The molecule has 1 heterocycles. The van der Waals surface area contributed by atoms with Crippen molar-refractivity contribution >= 4 is 6.03 Å². The molecule has 0 aliphatic carbocycles. The second-order valence-corrected chi connectivity index (χ2v) is 5.26. The summed E-state index contributed by atoms with van der Waals surface area (Å²) in [4.78, 5) is 16.3. The van der Waals surface area contributed by atoms with Crippen LogP contribution in [0.15, 0.2) is 54.9 Å². The Hall–Kier alpha value is -2.36. The van der Waals surface area contributed by atoms with Gasteiger partial charge in [-0.05, 0) is 36.1 Å². The van der Waals surface area contributed by atoms with E-state index in [2.05, 4.69) is 29.5 Å². The number of hydrogen-bond acceptors (Lipinski definition) is 2. The molecule has 0 aliphatic rings. The quantitative estimate of drug-likeness (QED) is 0.855. The lowest BCUT2D eigenvalue weighted by molar-refractivity contribution is 0.234. The fourth-order valence-electron chi connectivity index (χ4n) is 2.41. The van der Waals surface area contributed by atoms with Gasteiger partial charge in [0.1, 0.15) is 0 Å². The van der Waals surface area contributed by atoms with Gasteiger partial charge in [-0.1, -0.05) is 44.2 Å². The van der Waals surface area contributed by atoms with Crippen molar-refractivity contribution in [2.24, 2.45) is 0 Å². The van der Waals surface area contributed by atoms with Gasteiger partial charge in [-0.15, -0.1) is 0 Å². The number of carbonyl (C=O) groups is 1. The van der Waals surface area contributed by atoms with E-state index >= 15 is 0 Å². The van der Waals surface area contributed by atoms with E-state index in [1.807, 2.05) is 42.5 Å². The van der Waals surface area contributed by atoms with E-state index in [9.17, 15) is 4.79 Å². The molecule has 2 rings (SSSR count). The Morgan fingerprint density at radius 1 is 0.955 bits per heavy atom. The van der Waals surface area contributed by atoms with Crippen molar-refractivity contribution in [2.45, 2.75) is 38.8 Å². The number of rotatable bonds is 6. The molecule has 116 valence electrons. The lowest BCUT2D eigenvalue weighted by atomic mass is 10.00. The van der Waals surface area contributed by atoms with Gasteiger partial charge in [0.05, 0.1) is 6.04 Å². The molecule has 1 atom stereocenters. The van der Waals surface area contributed by atoms with Crippen molar-refractivity contribution < 1.29 is 4.79 Å². The molecule has 0 aliphatic heterocycles. The Morgan fingerprint density at radius 2 is 1.55 bits per heavy atom. The highest BCUT2D eigenvalue weighted by atomic mass is 16.2. The number of carbonyl (C=O) groups excluding carboxylic acids is 1. The van der Waals surface area contributed by atoms with Crippen LogP contribution in [0.3, 0.4) is 0 Å². The normalized spacial score (nSPS) is 12.0. The van der Waals surface area contributed by atoms with Crippen LogP contribution in [0.5, 0.6) is 0 Å². The SMILES string of the molecule is CCC(CC)NC(=O)NC(c1ccccc1)c1ccncc1. The van der Waals surface area contributed by atoms with E-state index in [4.69, 9.17) is 0 Å². The van der Waals surface area contributed by atoms with Gasteiger partial charge in [-0.2, -0.15) is 0 Å². The molecule has 2 amide bonds. The Bertz CT molecular complexity index is 528. The highest BCUT2D eigenvalue weighted by Crippen LogP contribution is 2.21. The number of nitrogens with one attached hydrogen (secondary N) is 2. The first-order chi connectivity index (χ1) is 10.7. The third-order valence-corrected chi connectivity index (χ3v) is 3.77. The fourth-order valence-corrected chi connectivity index (χ4v) is 2.41. The third kappa shape index (κ3) is 4.32. The van der Waals surface area contributed by atoms with Crippen molar-refractivity contribution in [3.8, 4) is 0 Å². The van der Waals surface area contributed by atoms with Gasteiger partial charge >= 0.3 is 6.03 Å². The Balaban J connectivity index is 2.17. The summed E-state index contributed by atoms with van der Waals surface area (Å²) in [5.74, 6) is 0. The Kier molecular flexibility index (Phi) is 5.95. The minimum Gasteiger partial charge on any atom is -0.335 e. The van der Waals surface area contributed by atoms with E-state index in [1.165, 1.54) is 0 Å². The number of pyridine rings is 1. The number of amides is 2. The van der Waals surface area contributed by atoms with E-state index in [-0.39, 0.29) is 18.1 Å². The molecule has 0 radical (unpaired) electrons. The van der Waals surface area contributed by atoms with Gasteiger partial charge in [0.15, 0.2) is 0 Å². The van der Waals surface area contributed by atoms with E-state index in [1.54, 1.807) is 12.4 Å². The fraction of sp³-hybridized carbons (Fsp3) is 0.333. The molecule has 0 spiro atoms. The second-order valence-electron chi connectivity index (χ2n) is 5.26. The number of hydrogen-bond donors (Lipinski definition) is 2. The predicted octanol–water partition coefficient (Wildman–Crippen LogP) is 3.66. The first-order valence-corrected chi connectivity index (χ1v) is 7.76. The zero-order valence-corrected chi connectivity index (χ0v) is 13.1. The monoisotopic (exact) mass is 297 g/mol. The van der Waals surface area contributed by atoms with E-state index in [0.717, 1.165) is 24.0 Å². The Morgan fingerprint density at radius 3 is 2.14 bits per heavy atom. The molecule has 1 unspecified atom stereocenters. The number of nitrogens with zero attached hydrogens (tertiary/aromatic N) is 1. The molecule has 1 aromatic heterocycles. The predicted molar refractivity (Wildman–Crippen MR) is 88.6 cm³/mol. The summed E-state index contributed by atoms with van der Waals surface area (Å²) >= 11 is 0. The van der Waals surface area contributed by atoms with Crippen LogP contribution in [-0.4, -0.2) is 17.1 Å². The average molecular weight is 297 g/mol. The van der Waals surface area contributed by atoms with Crippen LogP contribution in [0.25, 0.3) is 0 Å². The topological polar surface area (TPSA) is 54.0 Å². The molecule has 4 heteroatoms.